The predicted octanol–water partition coefficient (Wildman–Crippen LogP) is 0.958. The number of carbonyl (C=O) groups is 6. The lowest BCUT2D eigenvalue weighted by Crippen LogP contribution is -2.37. The fraction of sp³-hybridized carbons (Fsp3) is 0.579. The lowest BCUT2D eigenvalue weighted by atomic mass is 10.2. The summed E-state index contributed by atoms with van der Waals surface area (Å²) in [5.74, 6) is -1.14. The summed E-state index contributed by atoms with van der Waals surface area (Å²) in [5.41, 5.74) is 0. The number of ether oxygens (including phenoxy) is 3. The molecule has 0 radical (unpaired) electrons. The van der Waals surface area contributed by atoms with E-state index in [0.717, 1.165) is 18.9 Å². The van der Waals surface area contributed by atoms with Gasteiger partial charge < -0.3 is 53.5 Å². The first kappa shape index (κ1) is 38.1. The van der Waals surface area contributed by atoms with Gasteiger partial charge in [0.25, 0.3) is 0 Å². The van der Waals surface area contributed by atoms with Crippen molar-refractivity contribution >= 4 is 60.6 Å². The molecular formula is C19H30Cl2O12. The van der Waals surface area contributed by atoms with Crippen LogP contribution in [0.2, 0.25) is 0 Å². The number of methoxy groups -OCH3 is 1. The fourth-order valence-corrected chi connectivity index (χ4v) is 1.40. The summed E-state index contributed by atoms with van der Waals surface area (Å²) in [7, 11) is 1.23. The minimum atomic E-state index is -1.30. The Kier molecular flexibility index (Phi) is 34.3. The van der Waals surface area contributed by atoms with Gasteiger partial charge in [0.2, 0.25) is 17.8 Å². The van der Waals surface area contributed by atoms with Crippen molar-refractivity contribution in [2.75, 3.05) is 20.3 Å². The minimum absolute atomic E-state index is 0.159. The number of carbonyl (C=O) groups excluding carboxylic acids is 5. The van der Waals surface area contributed by atoms with Crippen LogP contribution >= 0.6 is 23.2 Å². The van der Waals surface area contributed by atoms with Crippen molar-refractivity contribution in [1.82, 2.24) is 0 Å². The maximum atomic E-state index is 10.2. The molecule has 0 aromatic heterocycles. The third-order valence-corrected chi connectivity index (χ3v) is 3.47. The summed E-state index contributed by atoms with van der Waals surface area (Å²) < 4.78 is 13.4. The van der Waals surface area contributed by atoms with Gasteiger partial charge in [-0.1, -0.05) is 11.6 Å². The van der Waals surface area contributed by atoms with Gasteiger partial charge in [-0.25, -0.2) is 4.79 Å². The van der Waals surface area contributed by atoms with Crippen LogP contribution in [0.5, 0.6) is 0 Å². The number of hydrogen-bond donors (Lipinski definition) is 3. The van der Waals surface area contributed by atoms with Gasteiger partial charge in [0.05, 0.1) is 20.3 Å². The molecule has 0 aromatic carbocycles. The standard InChI is InChI=1S/C6H10O2.C4H4Cl2O3.C4H8O4.C4H6O2.CH2O/c1-6(8)4-2-3-5-7;1-9-3(6)2(5)4(7)8;5-3-4(6)8-2-1-7-3;5-3-1-2-4-6;1-2/h5H,2-4H2,1H3;1H3,(H,7,8);3-6H,1-2H2;3-4H,1-2H2;1H2/b;3-2+;;;. The second kappa shape index (κ2) is 29.8. The van der Waals surface area contributed by atoms with Crippen molar-refractivity contribution in [2.24, 2.45) is 0 Å². The lowest BCUT2D eigenvalue weighted by Gasteiger charge is -2.23. The van der Waals surface area contributed by atoms with Crippen LogP contribution in [0.3, 0.4) is 0 Å². The molecule has 192 valence electrons. The third-order valence-electron chi connectivity index (χ3n) is 2.70. The van der Waals surface area contributed by atoms with E-state index in [1.165, 1.54) is 14.0 Å². The first-order valence-electron chi connectivity index (χ1n) is 9.09. The van der Waals surface area contributed by atoms with E-state index < -0.39 is 23.6 Å². The summed E-state index contributed by atoms with van der Waals surface area (Å²) >= 11 is 10.2. The van der Waals surface area contributed by atoms with Gasteiger partial charge in [-0.05, 0) is 24.9 Å². The SMILES string of the molecule is C=O.CC(=O)CCCC=O.CO/C(Cl)=C(/Cl)C(=O)O.O=CCCC=O.OC1OCCOC1O. The number of aliphatic carboxylic acids is 1. The number of carboxylic acids is 1. The van der Waals surface area contributed by atoms with Crippen LogP contribution < -0.4 is 0 Å². The van der Waals surface area contributed by atoms with E-state index in [1.807, 2.05) is 6.79 Å². The maximum Gasteiger partial charge on any atom is 0.352 e. The minimum Gasteiger partial charge on any atom is -0.485 e. The Labute approximate surface area is 201 Å². The average molecular weight is 521 g/mol. The van der Waals surface area contributed by atoms with Crippen LogP contribution in [0, 0.1) is 0 Å². The summed E-state index contributed by atoms with van der Waals surface area (Å²) in [6.07, 6.45) is 2.46. The zero-order valence-corrected chi connectivity index (χ0v) is 19.8. The quantitative estimate of drug-likeness (QED) is 0.169. The van der Waals surface area contributed by atoms with Gasteiger partial charge in [-0.15, -0.1) is 0 Å². The largest absolute Gasteiger partial charge is 0.485 e. The van der Waals surface area contributed by atoms with Gasteiger partial charge in [-0.2, -0.15) is 0 Å². The number of carboxylic acid groups (broad SMARTS) is 1. The van der Waals surface area contributed by atoms with E-state index in [4.69, 9.17) is 43.3 Å². The van der Waals surface area contributed by atoms with Crippen LogP contribution in [0.4, 0.5) is 0 Å². The molecule has 14 heteroatoms. The number of rotatable bonds is 9. The van der Waals surface area contributed by atoms with Crippen molar-refractivity contribution in [2.45, 2.75) is 51.6 Å². The maximum absolute atomic E-state index is 10.2. The number of halogens is 2. The molecule has 2 atom stereocenters. The molecule has 33 heavy (non-hydrogen) atoms. The number of hydrogen-bond acceptors (Lipinski definition) is 11. The normalized spacial score (nSPS) is 16.5. The van der Waals surface area contributed by atoms with E-state index in [9.17, 15) is 24.0 Å². The summed E-state index contributed by atoms with van der Waals surface area (Å²) in [6, 6.07) is 0. The molecule has 2 unspecified atom stereocenters. The smallest absolute Gasteiger partial charge is 0.352 e. The number of Topliss-reactive ketones (excluding diaryl/α,β-unsaturated/α-hetero) is 1. The van der Waals surface area contributed by atoms with Gasteiger partial charge in [0.15, 0.2) is 5.03 Å². The number of aldehydes is 3. The van der Waals surface area contributed by atoms with E-state index in [-0.39, 0.29) is 11.0 Å². The Morgan fingerprint density at radius 2 is 1.36 bits per heavy atom. The average Bonchev–Trinajstić information content (AvgIpc) is 2.81. The van der Waals surface area contributed by atoms with Crippen LogP contribution in [-0.4, -0.2) is 85.6 Å². The highest BCUT2D eigenvalue weighted by atomic mass is 35.5. The molecule has 1 saturated heterocycles. The van der Waals surface area contributed by atoms with E-state index in [2.05, 4.69) is 14.2 Å². The molecule has 3 N–H and O–H groups in total. The number of unbranched alkanes of at least 4 members (excludes halogenated alkanes) is 2. The molecule has 0 aliphatic carbocycles. The van der Waals surface area contributed by atoms with Crippen molar-refractivity contribution < 1.29 is 58.3 Å². The zero-order chi connectivity index (χ0) is 26.7. The zero-order valence-electron chi connectivity index (χ0n) is 18.3. The number of ketones is 1. The molecule has 1 aliphatic heterocycles. The topological polar surface area (TPSA) is 191 Å². The molecule has 0 saturated carbocycles. The Bertz CT molecular complexity index is 551. The molecule has 1 heterocycles. The second-order valence-electron chi connectivity index (χ2n) is 5.29. The first-order valence-corrected chi connectivity index (χ1v) is 9.85. The molecule has 0 amide bonds. The highest BCUT2D eigenvalue weighted by molar-refractivity contribution is 6.46. The number of aliphatic hydroxyl groups is 2. The van der Waals surface area contributed by atoms with Crippen LogP contribution in [-0.2, 0) is 43.0 Å². The molecule has 0 spiro atoms. The highest BCUT2D eigenvalue weighted by Crippen LogP contribution is 2.13. The van der Waals surface area contributed by atoms with Crippen molar-refractivity contribution in [3.63, 3.8) is 0 Å². The molecule has 1 aliphatic rings. The summed E-state index contributed by atoms with van der Waals surface area (Å²) in [6.45, 7) is 4.22. The Morgan fingerprint density at radius 3 is 1.58 bits per heavy atom. The van der Waals surface area contributed by atoms with Crippen LogP contribution in [0.15, 0.2) is 10.3 Å². The molecule has 1 rings (SSSR count). The predicted molar refractivity (Wildman–Crippen MR) is 116 cm³/mol. The molecule has 12 nitrogen and oxygen atoms in total. The molecule has 0 aromatic rings. The molecular weight excluding hydrogens is 491 g/mol. The number of aliphatic hydroxyl groups excluding tert-OH is 2. The van der Waals surface area contributed by atoms with Gasteiger partial charge in [0, 0.05) is 25.7 Å². The van der Waals surface area contributed by atoms with E-state index >= 15 is 0 Å². The van der Waals surface area contributed by atoms with Crippen molar-refractivity contribution in [3.05, 3.63) is 10.3 Å². The van der Waals surface area contributed by atoms with Gasteiger partial charge in [0.1, 0.15) is 31.4 Å². The molecule has 0 bridgehead atoms. The monoisotopic (exact) mass is 520 g/mol. The van der Waals surface area contributed by atoms with Crippen molar-refractivity contribution in [3.8, 4) is 0 Å². The van der Waals surface area contributed by atoms with Crippen LogP contribution in [0.1, 0.15) is 39.0 Å². The summed E-state index contributed by atoms with van der Waals surface area (Å²) in [5, 5.41) is 24.5. The van der Waals surface area contributed by atoms with E-state index in [0.29, 0.717) is 45.3 Å². The Balaban J connectivity index is -0.000000167. The second-order valence-corrected chi connectivity index (χ2v) is 6.01. The molecule has 1 fully saturated rings. The van der Waals surface area contributed by atoms with Crippen molar-refractivity contribution in [1.29, 1.82) is 0 Å². The third kappa shape index (κ3) is 32.0. The van der Waals surface area contributed by atoms with Crippen LogP contribution in [0.25, 0.3) is 0 Å². The first-order chi connectivity index (χ1) is 15.6. The van der Waals surface area contributed by atoms with E-state index in [1.54, 1.807) is 0 Å². The lowest BCUT2D eigenvalue weighted by molar-refractivity contribution is -0.291. The highest BCUT2D eigenvalue weighted by Gasteiger charge is 2.20. The Morgan fingerprint density at radius 1 is 0.970 bits per heavy atom. The van der Waals surface area contributed by atoms with Gasteiger partial charge >= 0.3 is 5.97 Å². The van der Waals surface area contributed by atoms with Gasteiger partial charge in [-0.3, -0.25) is 0 Å². The Hall–Kier alpha value is -2.22. The fourth-order valence-electron chi connectivity index (χ4n) is 1.25. The summed E-state index contributed by atoms with van der Waals surface area (Å²) in [4.78, 5) is 56.6.